The van der Waals surface area contributed by atoms with Gasteiger partial charge in [0.25, 0.3) is 0 Å². The maximum Gasteiger partial charge on any atom is 0.236 e. The molecule has 1 fully saturated rings. The number of aromatic nitrogens is 2. The van der Waals surface area contributed by atoms with Crippen molar-refractivity contribution in [1.29, 1.82) is 0 Å². The summed E-state index contributed by atoms with van der Waals surface area (Å²) in [5.41, 5.74) is 3.01. The van der Waals surface area contributed by atoms with Gasteiger partial charge in [-0.15, -0.1) is 0 Å². The molecule has 29 heavy (non-hydrogen) atoms. The van der Waals surface area contributed by atoms with Crippen LogP contribution in [0.5, 0.6) is 0 Å². The summed E-state index contributed by atoms with van der Waals surface area (Å²) in [5.74, 6) is -0.162. The van der Waals surface area contributed by atoms with Crippen LogP contribution in [-0.4, -0.2) is 45.1 Å². The van der Waals surface area contributed by atoms with E-state index in [1.165, 1.54) is 12.1 Å². The zero-order valence-electron chi connectivity index (χ0n) is 16.5. The van der Waals surface area contributed by atoms with Crippen LogP contribution in [-0.2, 0) is 17.9 Å². The van der Waals surface area contributed by atoms with Gasteiger partial charge >= 0.3 is 0 Å². The molecule has 1 aliphatic rings. The molecule has 0 radical (unpaired) electrons. The van der Waals surface area contributed by atoms with Crippen molar-refractivity contribution in [3.63, 3.8) is 0 Å². The Morgan fingerprint density at radius 3 is 2.48 bits per heavy atom. The Balaban J connectivity index is 1.35. The number of carbonyl (C=O) groups is 1. The first-order valence-electron chi connectivity index (χ1n) is 9.90. The van der Waals surface area contributed by atoms with Gasteiger partial charge in [-0.25, -0.2) is 9.07 Å². The number of hydrogen-bond acceptors (Lipinski definition) is 3. The standard InChI is InChI=1S/C23H25FN4O/c1-26(14-19-13-25-28(16-19)22-5-3-2-4-6-22)23(29)17-27(21-11-12-21)15-18-7-9-20(24)10-8-18/h2-10,13,16,21H,11-12,14-15,17H2,1H3. The molecule has 6 heteroatoms. The van der Waals surface area contributed by atoms with Crippen LogP contribution in [0.15, 0.2) is 67.0 Å². The molecule has 0 saturated heterocycles. The molecule has 1 saturated carbocycles. The smallest absolute Gasteiger partial charge is 0.236 e. The molecule has 0 N–H and O–H groups in total. The zero-order valence-corrected chi connectivity index (χ0v) is 16.5. The highest BCUT2D eigenvalue weighted by Crippen LogP contribution is 2.28. The fourth-order valence-corrected chi connectivity index (χ4v) is 3.40. The topological polar surface area (TPSA) is 41.4 Å². The molecule has 3 aromatic rings. The van der Waals surface area contributed by atoms with E-state index >= 15 is 0 Å². The summed E-state index contributed by atoms with van der Waals surface area (Å²) in [7, 11) is 1.82. The first-order valence-corrected chi connectivity index (χ1v) is 9.90. The number of rotatable bonds is 8. The van der Waals surface area contributed by atoms with Crippen LogP contribution in [0.3, 0.4) is 0 Å². The number of benzene rings is 2. The van der Waals surface area contributed by atoms with Crippen LogP contribution in [0.4, 0.5) is 4.39 Å². The summed E-state index contributed by atoms with van der Waals surface area (Å²) in [6.07, 6.45) is 5.98. The third kappa shape index (κ3) is 5.09. The van der Waals surface area contributed by atoms with Crippen molar-refractivity contribution in [3.8, 4) is 5.69 Å². The van der Waals surface area contributed by atoms with Gasteiger partial charge in [0.1, 0.15) is 5.82 Å². The van der Waals surface area contributed by atoms with Gasteiger partial charge in [-0.3, -0.25) is 9.69 Å². The minimum Gasteiger partial charge on any atom is -0.340 e. The highest BCUT2D eigenvalue weighted by molar-refractivity contribution is 5.78. The van der Waals surface area contributed by atoms with Crippen molar-refractivity contribution in [2.45, 2.75) is 32.0 Å². The molecule has 1 heterocycles. The monoisotopic (exact) mass is 392 g/mol. The van der Waals surface area contributed by atoms with Crippen molar-refractivity contribution in [2.24, 2.45) is 0 Å². The van der Waals surface area contributed by atoms with Gasteiger partial charge in [0.05, 0.1) is 18.4 Å². The largest absolute Gasteiger partial charge is 0.340 e. The predicted molar refractivity (Wildman–Crippen MR) is 110 cm³/mol. The second kappa shape index (κ2) is 8.57. The normalized spacial score (nSPS) is 13.6. The molecule has 0 unspecified atom stereocenters. The summed E-state index contributed by atoms with van der Waals surface area (Å²) in [4.78, 5) is 16.7. The van der Waals surface area contributed by atoms with Gasteiger partial charge in [0.15, 0.2) is 0 Å². The third-order valence-electron chi connectivity index (χ3n) is 5.20. The van der Waals surface area contributed by atoms with Crippen LogP contribution in [0, 0.1) is 5.82 Å². The predicted octanol–water partition coefficient (Wildman–Crippen LogP) is 3.63. The van der Waals surface area contributed by atoms with E-state index in [1.807, 2.05) is 48.3 Å². The Hall–Kier alpha value is -2.99. The van der Waals surface area contributed by atoms with E-state index in [4.69, 9.17) is 0 Å². The molecule has 4 rings (SSSR count). The van der Waals surface area contributed by atoms with Crippen molar-refractivity contribution >= 4 is 5.91 Å². The number of likely N-dealkylation sites (N-methyl/N-ethyl adjacent to an activating group) is 1. The Morgan fingerprint density at radius 1 is 1.07 bits per heavy atom. The highest BCUT2D eigenvalue weighted by atomic mass is 19.1. The Labute approximate surface area is 170 Å². The maximum absolute atomic E-state index is 13.1. The number of hydrogen-bond donors (Lipinski definition) is 0. The Morgan fingerprint density at radius 2 is 1.79 bits per heavy atom. The fraction of sp³-hybridized carbons (Fsp3) is 0.304. The lowest BCUT2D eigenvalue weighted by atomic mass is 10.2. The van der Waals surface area contributed by atoms with Crippen LogP contribution in [0.1, 0.15) is 24.0 Å². The number of carbonyl (C=O) groups excluding carboxylic acids is 1. The first-order chi connectivity index (χ1) is 14.1. The van der Waals surface area contributed by atoms with Crippen molar-refractivity contribution in [2.75, 3.05) is 13.6 Å². The molecule has 0 spiro atoms. The molecule has 0 bridgehead atoms. The van der Waals surface area contributed by atoms with Gasteiger partial charge in [-0.1, -0.05) is 30.3 Å². The number of para-hydroxylation sites is 1. The van der Waals surface area contributed by atoms with E-state index in [9.17, 15) is 9.18 Å². The van der Waals surface area contributed by atoms with Crippen molar-refractivity contribution in [3.05, 3.63) is 83.9 Å². The average molecular weight is 392 g/mol. The Kier molecular flexibility index (Phi) is 5.71. The second-order valence-corrected chi connectivity index (χ2v) is 7.64. The molecule has 0 atom stereocenters. The van der Waals surface area contributed by atoms with Gasteiger partial charge in [0.2, 0.25) is 5.91 Å². The highest BCUT2D eigenvalue weighted by Gasteiger charge is 2.31. The number of amides is 1. The molecular formula is C23H25FN4O. The van der Waals surface area contributed by atoms with Crippen LogP contribution < -0.4 is 0 Å². The van der Waals surface area contributed by atoms with Gasteiger partial charge < -0.3 is 4.90 Å². The lowest BCUT2D eigenvalue weighted by Gasteiger charge is -2.25. The average Bonchev–Trinajstić information content (AvgIpc) is 3.48. The molecule has 2 aromatic carbocycles. The summed E-state index contributed by atoms with van der Waals surface area (Å²) >= 11 is 0. The summed E-state index contributed by atoms with van der Waals surface area (Å²) in [6.45, 7) is 1.54. The van der Waals surface area contributed by atoms with E-state index in [0.29, 0.717) is 25.7 Å². The quantitative estimate of drug-likeness (QED) is 0.588. The molecule has 150 valence electrons. The van der Waals surface area contributed by atoms with E-state index in [2.05, 4.69) is 10.00 Å². The van der Waals surface area contributed by atoms with E-state index < -0.39 is 0 Å². The van der Waals surface area contributed by atoms with Gasteiger partial charge in [-0.05, 0) is 42.7 Å². The number of halogens is 1. The first kappa shape index (κ1) is 19.3. The zero-order chi connectivity index (χ0) is 20.2. The van der Waals surface area contributed by atoms with E-state index in [-0.39, 0.29) is 11.7 Å². The molecule has 1 aliphatic carbocycles. The van der Waals surface area contributed by atoms with E-state index in [0.717, 1.165) is 29.7 Å². The van der Waals surface area contributed by atoms with Crippen LogP contribution in [0.25, 0.3) is 5.69 Å². The molecule has 0 aliphatic heterocycles. The van der Waals surface area contributed by atoms with Crippen molar-refractivity contribution < 1.29 is 9.18 Å². The molecule has 5 nitrogen and oxygen atoms in total. The summed E-state index contributed by atoms with van der Waals surface area (Å²) < 4.78 is 15.0. The molecular weight excluding hydrogens is 367 g/mol. The summed E-state index contributed by atoms with van der Waals surface area (Å²) in [5, 5.41) is 4.40. The SMILES string of the molecule is CN(Cc1cnn(-c2ccccc2)c1)C(=O)CN(Cc1ccc(F)cc1)C1CC1. The second-order valence-electron chi connectivity index (χ2n) is 7.64. The van der Waals surface area contributed by atoms with E-state index in [1.54, 1.807) is 23.2 Å². The lowest BCUT2D eigenvalue weighted by molar-refractivity contribution is -0.132. The van der Waals surface area contributed by atoms with Gasteiger partial charge in [0, 0.05) is 37.9 Å². The minimum atomic E-state index is -0.237. The summed E-state index contributed by atoms with van der Waals surface area (Å²) in [6, 6.07) is 16.9. The number of nitrogens with zero attached hydrogens (tertiary/aromatic N) is 4. The molecule has 1 aromatic heterocycles. The maximum atomic E-state index is 13.1. The van der Waals surface area contributed by atoms with Crippen molar-refractivity contribution in [1.82, 2.24) is 19.6 Å². The van der Waals surface area contributed by atoms with Crippen LogP contribution in [0.2, 0.25) is 0 Å². The third-order valence-corrected chi connectivity index (χ3v) is 5.20. The van der Waals surface area contributed by atoms with Crippen LogP contribution >= 0.6 is 0 Å². The Bertz CT molecular complexity index is 951. The minimum absolute atomic E-state index is 0.0754. The molecule has 1 amide bonds. The van der Waals surface area contributed by atoms with Gasteiger partial charge in [-0.2, -0.15) is 5.10 Å². The fourth-order valence-electron chi connectivity index (χ4n) is 3.40. The lowest BCUT2D eigenvalue weighted by Crippen LogP contribution is -2.38.